The van der Waals surface area contributed by atoms with Gasteiger partial charge in [-0.3, -0.25) is 9.59 Å². The third-order valence-electron chi connectivity index (χ3n) is 2.48. The Bertz CT molecular complexity index is 425. The van der Waals surface area contributed by atoms with Gasteiger partial charge in [0.2, 0.25) is 5.91 Å². The third kappa shape index (κ3) is 4.69. The Morgan fingerprint density at radius 3 is 2.05 bits per heavy atom. The number of benzene rings is 1. The van der Waals surface area contributed by atoms with E-state index in [4.69, 9.17) is 10.2 Å². The zero-order valence-electron chi connectivity index (χ0n) is 10.8. The number of hydrogen-bond donors (Lipinski definition) is 3. The molecular weight excluding hydrogens is 248 g/mol. The van der Waals surface area contributed by atoms with Crippen LogP contribution >= 0.6 is 0 Å². The zero-order chi connectivity index (χ0) is 14.3. The first kappa shape index (κ1) is 15.1. The number of aliphatic hydroxyl groups excluding tert-OH is 2. The minimum atomic E-state index is -0.266. The molecule has 0 aliphatic carbocycles. The largest absolute Gasteiger partial charge is 0.395 e. The van der Waals surface area contributed by atoms with Gasteiger partial charge in [0, 0.05) is 31.3 Å². The van der Waals surface area contributed by atoms with Crippen molar-refractivity contribution in [3.63, 3.8) is 0 Å². The Labute approximate surface area is 111 Å². The summed E-state index contributed by atoms with van der Waals surface area (Å²) < 4.78 is 0. The number of nitrogens with one attached hydrogen (secondary N) is 1. The van der Waals surface area contributed by atoms with Crippen LogP contribution in [-0.4, -0.2) is 53.2 Å². The Balaban J connectivity index is 2.77. The van der Waals surface area contributed by atoms with Gasteiger partial charge in [0.15, 0.2) is 0 Å². The number of carbonyl (C=O) groups is 2. The monoisotopic (exact) mass is 266 g/mol. The highest BCUT2D eigenvalue weighted by Gasteiger charge is 2.14. The van der Waals surface area contributed by atoms with Crippen molar-refractivity contribution in [3.05, 3.63) is 29.8 Å². The highest BCUT2D eigenvalue weighted by Crippen LogP contribution is 2.11. The first-order valence-electron chi connectivity index (χ1n) is 5.97. The maximum atomic E-state index is 12.1. The second-order valence-electron chi connectivity index (χ2n) is 4.00. The highest BCUT2D eigenvalue weighted by molar-refractivity contribution is 5.95. The number of hydrogen-bond acceptors (Lipinski definition) is 4. The van der Waals surface area contributed by atoms with E-state index in [1.807, 2.05) is 0 Å². The van der Waals surface area contributed by atoms with Crippen LogP contribution in [0.1, 0.15) is 17.3 Å². The van der Waals surface area contributed by atoms with E-state index in [-0.39, 0.29) is 38.1 Å². The SMILES string of the molecule is CC(=O)Nc1ccc(C(=O)N(CCO)CCO)cc1. The van der Waals surface area contributed by atoms with Crippen molar-refractivity contribution < 1.29 is 19.8 Å². The van der Waals surface area contributed by atoms with Gasteiger partial charge in [0.25, 0.3) is 5.91 Å². The van der Waals surface area contributed by atoms with Gasteiger partial charge in [-0.25, -0.2) is 0 Å². The second kappa shape index (κ2) is 7.50. The van der Waals surface area contributed by atoms with Crippen molar-refractivity contribution >= 4 is 17.5 Å². The second-order valence-corrected chi connectivity index (χ2v) is 4.00. The van der Waals surface area contributed by atoms with Crippen molar-refractivity contribution in [2.24, 2.45) is 0 Å². The molecule has 0 saturated heterocycles. The van der Waals surface area contributed by atoms with Gasteiger partial charge in [-0.15, -0.1) is 0 Å². The molecule has 0 saturated carbocycles. The first-order chi connectivity index (χ1) is 9.08. The molecule has 6 heteroatoms. The lowest BCUT2D eigenvalue weighted by molar-refractivity contribution is -0.114. The molecule has 0 spiro atoms. The van der Waals surface area contributed by atoms with Crippen LogP contribution in [0, 0.1) is 0 Å². The van der Waals surface area contributed by atoms with Crippen LogP contribution in [0.4, 0.5) is 5.69 Å². The standard InChI is InChI=1S/C13H18N2O4/c1-10(18)14-12-4-2-11(3-5-12)13(19)15(6-8-16)7-9-17/h2-5,16-17H,6-9H2,1H3,(H,14,18). The van der Waals surface area contributed by atoms with E-state index >= 15 is 0 Å². The van der Waals surface area contributed by atoms with Gasteiger partial charge >= 0.3 is 0 Å². The molecule has 0 aliphatic rings. The van der Waals surface area contributed by atoms with Gasteiger partial charge in [0.1, 0.15) is 0 Å². The molecule has 0 fully saturated rings. The molecule has 0 aromatic heterocycles. The highest BCUT2D eigenvalue weighted by atomic mass is 16.3. The fourth-order valence-electron chi connectivity index (χ4n) is 1.64. The van der Waals surface area contributed by atoms with Crippen LogP contribution in [0.15, 0.2) is 24.3 Å². The predicted octanol–water partition coefficient (Wildman–Crippen LogP) is 0.0718. The molecular formula is C13H18N2O4. The number of amides is 2. The van der Waals surface area contributed by atoms with Gasteiger partial charge in [-0.1, -0.05) is 0 Å². The van der Waals surface area contributed by atoms with Gasteiger partial charge < -0.3 is 20.4 Å². The summed E-state index contributed by atoms with van der Waals surface area (Å²) in [5.74, 6) is -0.446. The minimum Gasteiger partial charge on any atom is -0.395 e. The number of aliphatic hydroxyl groups is 2. The minimum absolute atomic E-state index is 0.157. The molecule has 1 aromatic rings. The molecule has 0 radical (unpaired) electrons. The average Bonchev–Trinajstić information content (AvgIpc) is 2.38. The molecule has 1 aromatic carbocycles. The zero-order valence-corrected chi connectivity index (χ0v) is 10.8. The molecule has 104 valence electrons. The Kier molecular flexibility index (Phi) is 5.98. The molecule has 1 rings (SSSR count). The summed E-state index contributed by atoms with van der Waals surface area (Å²) in [5, 5.41) is 20.4. The van der Waals surface area contributed by atoms with E-state index < -0.39 is 0 Å². The third-order valence-corrected chi connectivity index (χ3v) is 2.48. The van der Waals surface area contributed by atoms with Crippen molar-refractivity contribution in [1.82, 2.24) is 4.90 Å². The van der Waals surface area contributed by atoms with Crippen LogP contribution in [0.5, 0.6) is 0 Å². The van der Waals surface area contributed by atoms with E-state index in [2.05, 4.69) is 5.32 Å². The number of rotatable bonds is 6. The van der Waals surface area contributed by atoms with Gasteiger partial charge in [-0.05, 0) is 24.3 Å². The molecule has 2 amide bonds. The van der Waals surface area contributed by atoms with Gasteiger partial charge in [0.05, 0.1) is 13.2 Å². The van der Waals surface area contributed by atoms with Crippen molar-refractivity contribution in [1.29, 1.82) is 0 Å². The van der Waals surface area contributed by atoms with Gasteiger partial charge in [-0.2, -0.15) is 0 Å². The number of carbonyl (C=O) groups excluding carboxylic acids is 2. The van der Waals surface area contributed by atoms with E-state index in [0.29, 0.717) is 11.3 Å². The van der Waals surface area contributed by atoms with Crippen LogP contribution in [0.25, 0.3) is 0 Å². The quantitative estimate of drug-likeness (QED) is 0.680. The Morgan fingerprint density at radius 2 is 1.63 bits per heavy atom. The molecule has 0 bridgehead atoms. The molecule has 0 heterocycles. The van der Waals surface area contributed by atoms with Crippen molar-refractivity contribution in [2.45, 2.75) is 6.92 Å². The lowest BCUT2D eigenvalue weighted by Gasteiger charge is -2.20. The molecule has 6 nitrogen and oxygen atoms in total. The molecule has 0 atom stereocenters. The molecule has 0 unspecified atom stereocenters. The molecule has 0 aliphatic heterocycles. The predicted molar refractivity (Wildman–Crippen MR) is 70.8 cm³/mol. The van der Waals surface area contributed by atoms with Crippen LogP contribution in [0.3, 0.4) is 0 Å². The summed E-state index contributed by atoms with van der Waals surface area (Å²) in [6.45, 7) is 1.44. The summed E-state index contributed by atoms with van der Waals surface area (Å²) in [6.07, 6.45) is 0. The fraction of sp³-hybridized carbons (Fsp3) is 0.385. The Hall–Kier alpha value is -1.92. The van der Waals surface area contributed by atoms with E-state index in [1.54, 1.807) is 24.3 Å². The summed E-state index contributed by atoms with van der Waals surface area (Å²) in [6, 6.07) is 6.44. The van der Waals surface area contributed by atoms with Crippen molar-refractivity contribution in [3.8, 4) is 0 Å². The maximum absolute atomic E-state index is 12.1. The lowest BCUT2D eigenvalue weighted by atomic mass is 10.1. The van der Waals surface area contributed by atoms with Crippen LogP contribution < -0.4 is 5.32 Å². The van der Waals surface area contributed by atoms with Crippen LogP contribution in [0.2, 0.25) is 0 Å². The Morgan fingerprint density at radius 1 is 1.11 bits per heavy atom. The summed E-state index contributed by atoms with van der Waals surface area (Å²) >= 11 is 0. The van der Waals surface area contributed by atoms with Crippen molar-refractivity contribution in [2.75, 3.05) is 31.6 Å². The topological polar surface area (TPSA) is 89.9 Å². The normalized spacial score (nSPS) is 10.1. The maximum Gasteiger partial charge on any atom is 0.254 e. The summed E-state index contributed by atoms with van der Waals surface area (Å²) in [5.41, 5.74) is 1.05. The average molecular weight is 266 g/mol. The fourth-order valence-corrected chi connectivity index (χ4v) is 1.64. The van der Waals surface area contributed by atoms with Crippen LogP contribution in [-0.2, 0) is 4.79 Å². The summed E-state index contributed by atoms with van der Waals surface area (Å²) in [7, 11) is 0. The summed E-state index contributed by atoms with van der Waals surface area (Å²) in [4.78, 5) is 24.3. The number of anilines is 1. The molecule has 19 heavy (non-hydrogen) atoms. The number of nitrogens with zero attached hydrogens (tertiary/aromatic N) is 1. The first-order valence-corrected chi connectivity index (χ1v) is 5.97. The van der Waals surface area contributed by atoms with E-state index in [1.165, 1.54) is 11.8 Å². The molecule has 3 N–H and O–H groups in total. The smallest absolute Gasteiger partial charge is 0.254 e. The lowest BCUT2D eigenvalue weighted by Crippen LogP contribution is -2.35. The van der Waals surface area contributed by atoms with E-state index in [0.717, 1.165) is 0 Å². The van der Waals surface area contributed by atoms with E-state index in [9.17, 15) is 9.59 Å².